The van der Waals surface area contributed by atoms with E-state index in [9.17, 15) is 18.0 Å². The number of nitrogens with one attached hydrogen (secondary N) is 2. The van der Waals surface area contributed by atoms with Gasteiger partial charge in [0.1, 0.15) is 11.6 Å². The highest BCUT2D eigenvalue weighted by Crippen LogP contribution is 2.30. The zero-order chi connectivity index (χ0) is 19.3. The fourth-order valence-corrected chi connectivity index (χ4v) is 2.34. The summed E-state index contributed by atoms with van der Waals surface area (Å²) in [6.07, 6.45) is -3.44. The average molecular weight is 400 g/mol. The van der Waals surface area contributed by atoms with Gasteiger partial charge in [-0.3, -0.25) is 4.79 Å². The first-order valence-electron chi connectivity index (χ1n) is 7.01. The maximum absolute atomic E-state index is 12.7. The first kappa shape index (κ1) is 19.6. The van der Waals surface area contributed by atoms with E-state index in [0.717, 1.165) is 24.4 Å². The van der Waals surface area contributed by atoms with E-state index in [4.69, 9.17) is 28.5 Å². The van der Waals surface area contributed by atoms with Crippen molar-refractivity contribution in [2.75, 3.05) is 10.6 Å². The van der Waals surface area contributed by atoms with Crippen LogP contribution >= 0.6 is 23.2 Å². The normalized spacial score (nSPS) is 11.6. The average Bonchev–Trinajstić information content (AvgIpc) is 2.56. The summed E-state index contributed by atoms with van der Waals surface area (Å²) in [5.74, 6) is -0.871. The quantitative estimate of drug-likeness (QED) is 0.529. The lowest BCUT2D eigenvalue weighted by molar-refractivity contribution is -0.137. The van der Waals surface area contributed by atoms with Crippen molar-refractivity contribution in [1.29, 1.82) is 5.26 Å². The van der Waals surface area contributed by atoms with Crippen LogP contribution in [0.3, 0.4) is 0 Å². The first-order valence-corrected chi connectivity index (χ1v) is 7.77. The number of amides is 1. The number of carbonyl (C=O) groups excluding carboxylic acids is 1. The molecule has 0 saturated carbocycles. The van der Waals surface area contributed by atoms with Gasteiger partial charge >= 0.3 is 6.18 Å². The molecule has 0 heterocycles. The molecule has 134 valence electrons. The zero-order valence-electron chi connectivity index (χ0n) is 12.9. The second-order valence-corrected chi connectivity index (χ2v) is 5.81. The largest absolute Gasteiger partial charge is 0.416 e. The van der Waals surface area contributed by atoms with Crippen LogP contribution in [0, 0.1) is 11.3 Å². The van der Waals surface area contributed by atoms with Crippen LogP contribution in [-0.2, 0) is 11.0 Å². The van der Waals surface area contributed by atoms with Crippen LogP contribution in [0.15, 0.2) is 54.2 Å². The van der Waals surface area contributed by atoms with Gasteiger partial charge in [-0.05, 0) is 36.4 Å². The van der Waals surface area contributed by atoms with E-state index in [1.807, 2.05) is 0 Å². The molecule has 26 heavy (non-hydrogen) atoms. The summed E-state index contributed by atoms with van der Waals surface area (Å²) in [7, 11) is 0. The SMILES string of the molecule is N#C/C(=C/Nc1ccc(Cl)cc1Cl)C(=O)Nc1cccc(C(F)(F)F)c1. The molecule has 0 aromatic heterocycles. The van der Waals surface area contributed by atoms with Crippen molar-refractivity contribution in [2.45, 2.75) is 6.18 Å². The molecule has 0 unspecified atom stereocenters. The first-order chi connectivity index (χ1) is 12.2. The Morgan fingerprint density at radius 1 is 1.15 bits per heavy atom. The molecular formula is C17H10Cl2F3N3O. The van der Waals surface area contributed by atoms with Gasteiger partial charge in [-0.2, -0.15) is 18.4 Å². The predicted molar refractivity (Wildman–Crippen MR) is 93.9 cm³/mol. The number of hydrogen-bond acceptors (Lipinski definition) is 3. The number of nitrogens with zero attached hydrogens (tertiary/aromatic N) is 1. The molecule has 0 radical (unpaired) electrons. The monoisotopic (exact) mass is 399 g/mol. The maximum atomic E-state index is 12.7. The lowest BCUT2D eigenvalue weighted by atomic mass is 10.2. The molecule has 2 N–H and O–H groups in total. The number of alkyl halides is 3. The Balaban J connectivity index is 2.15. The molecule has 0 spiro atoms. The van der Waals surface area contributed by atoms with Gasteiger partial charge in [0.2, 0.25) is 0 Å². The molecule has 0 aliphatic heterocycles. The molecule has 0 saturated heterocycles. The number of hydrogen-bond donors (Lipinski definition) is 2. The number of benzene rings is 2. The number of anilines is 2. The van der Waals surface area contributed by atoms with Crippen LogP contribution < -0.4 is 10.6 Å². The van der Waals surface area contributed by atoms with Gasteiger partial charge in [-0.15, -0.1) is 0 Å². The summed E-state index contributed by atoms with van der Waals surface area (Å²) in [5, 5.41) is 14.7. The Morgan fingerprint density at radius 3 is 2.50 bits per heavy atom. The van der Waals surface area contributed by atoms with Crippen LogP contribution in [0.5, 0.6) is 0 Å². The Bertz CT molecular complexity index is 905. The van der Waals surface area contributed by atoms with E-state index in [2.05, 4.69) is 10.6 Å². The molecular weight excluding hydrogens is 390 g/mol. The summed E-state index contributed by atoms with van der Waals surface area (Å²) < 4.78 is 38.1. The van der Waals surface area contributed by atoms with E-state index < -0.39 is 17.6 Å². The Hall–Kier alpha value is -2.69. The van der Waals surface area contributed by atoms with Gasteiger partial charge in [0.15, 0.2) is 0 Å². The Labute approximate surface area is 156 Å². The maximum Gasteiger partial charge on any atom is 0.416 e. The highest BCUT2D eigenvalue weighted by Gasteiger charge is 2.30. The molecule has 0 aliphatic carbocycles. The molecule has 4 nitrogen and oxygen atoms in total. The van der Waals surface area contributed by atoms with Crippen molar-refractivity contribution in [3.05, 3.63) is 69.8 Å². The molecule has 0 fully saturated rings. The van der Waals surface area contributed by atoms with Gasteiger partial charge in [-0.1, -0.05) is 29.3 Å². The summed E-state index contributed by atoms with van der Waals surface area (Å²) >= 11 is 11.7. The van der Waals surface area contributed by atoms with Gasteiger partial charge in [0.05, 0.1) is 16.3 Å². The standard InChI is InChI=1S/C17H10Cl2F3N3O/c18-12-4-5-15(14(19)7-12)24-9-10(8-23)16(26)25-13-3-1-2-11(6-13)17(20,21)22/h1-7,9,24H,(H,25,26)/b10-9-. The topological polar surface area (TPSA) is 64.9 Å². The van der Waals surface area contributed by atoms with Gasteiger partial charge in [-0.25, -0.2) is 0 Å². The van der Waals surface area contributed by atoms with Crippen molar-refractivity contribution in [1.82, 2.24) is 0 Å². The van der Waals surface area contributed by atoms with Gasteiger partial charge < -0.3 is 10.6 Å². The summed E-state index contributed by atoms with van der Waals surface area (Å²) in [5.41, 5.74) is -0.955. The Morgan fingerprint density at radius 2 is 1.88 bits per heavy atom. The third-order valence-corrected chi connectivity index (χ3v) is 3.66. The molecule has 2 rings (SSSR count). The number of rotatable bonds is 4. The third-order valence-electron chi connectivity index (χ3n) is 3.12. The second kappa shape index (κ2) is 8.13. The van der Waals surface area contributed by atoms with E-state index in [0.29, 0.717) is 10.7 Å². The van der Waals surface area contributed by atoms with Crippen molar-refractivity contribution in [3.8, 4) is 6.07 Å². The second-order valence-electron chi connectivity index (χ2n) is 4.97. The highest BCUT2D eigenvalue weighted by molar-refractivity contribution is 6.36. The molecule has 2 aromatic rings. The van der Waals surface area contributed by atoms with Crippen LogP contribution in [0.2, 0.25) is 10.0 Å². The van der Waals surface area contributed by atoms with E-state index in [-0.39, 0.29) is 16.3 Å². The molecule has 0 aliphatic rings. The van der Waals surface area contributed by atoms with Crippen LogP contribution in [0.25, 0.3) is 0 Å². The lowest BCUT2D eigenvalue weighted by Crippen LogP contribution is -2.15. The van der Waals surface area contributed by atoms with Crippen LogP contribution in [0.1, 0.15) is 5.56 Å². The van der Waals surface area contributed by atoms with Gasteiger partial charge in [0.25, 0.3) is 5.91 Å². The van der Waals surface area contributed by atoms with Crippen molar-refractivity contribution >= 4 is 40.5 Å². The van der Waals surface area contributed by atoms with Crippen molar-refractivity contribution in [2.24, 2.45) is 0 Å². The van der Waals surface area contributed by atoms with E-state index >= 15 is 0 Å². The summed E-state index contributed by atoms with van der Waals surface area (Å²) in [6.45, 7) is 0. The minimum Gasteiger partial charge on any atom is -0.359 e. The zero-order valence-corrected chi connectivity index (χ0v) is 14.4. The third kappa shape index (κ3) is 5.15. The smallest absolute Gasteiger partial charge is 0.359 e. The summed E-state index contributed by atoms with van der Waals surface area (Å²) in [4.78, 5) is 12.1. The fourth-order valence-electron chi connectivity index (χ4n) is 1.88. The predicted octanol–water partition coefficient (Wildman–Crippen LogP) is 5.47. The molecule has 1 amide bonds. The van der Waals surface area contributed by atoms with E-state index in [1.54, 1.807) is 18.2 Å². The van der Waals surface area contributed by atoms with Crippen molar-refractivity contribution in [3.63, 3.8) is 0 Å². The molecule has 9 heteroatoms. The molecule has 0 atom stereocenters. The lowest BCUT2D eigenvalue weighted by Gasteiger charge is -2.10. The minimum atomic E-state index is -4.54. The van der Waals surface area contributed by atoms with Gasteiger partial charge in [0, 0.05) is 16.9 Å². The van der Waals surface area contributed by atoms with Crippen LogP contribution in [0.4, 0.5) is 24.5 Å². The summed E-state index contributed by atoms with van der Waals surface area (Å²) in [6, 6.07) is 10.3. The molecule has 0 bridgehead atoms. The molecule has 2 aromatic carbocycles. The number of halogens is 5. The van der Waals surface area contributed by atoms with Crippen molar-refractivity contribution < 1.29 is 18.0 Å². The fraction of sp³-hybridized carbons (Fsp3) is 0.0588. The minimum absolute atomic E-state index is 0.0875. The van der Waals surface area contributed by atoms with Crippen LogP contribution in [-0.4, -0.2) is 5.91 Å². The number of carbonyl (C=O) groups is 1. The Kier molecular flexibility index (Phi) is 6.14. The van der Waals surface area contributed by atoms with E-state index in [1.165, 1.54) is 12.1 Å². The number of nitriles is 1. The highest BCUT2D eigenvalue weighted by atomic mass is 35.5.